The van der Waals surface area contributed by atoms with Crippen molar-refractivity contribution in [3.63, 3.8) is 0 Å². The fraction of sp³-hybridized carbons (Fsp3) is 0.0800. The molecule has 0 aliphatic rings. The molecule has 0 aliphatic carbocycles. The lowest BCUT2D eigenvalue weighted by Gasteiger charge is -2.10. The third kappa shape index (κ3) is 4.31. The van der Waals surface area contributed by atoms with Gasteiger partial charge in [0, 0.05) is 17.1 Å². The van der Waals surface area contributed by atoms with Gasteiger partial charge in [-0.25, -0.2) is 9.37 Å². The number of nitrogens with one attached hydrogen (secondary N) is 1. The molecule has 164 valence electrons. The van der Waals surface area contributed by atoms with Crippen molar-refractivity contribution in [2.75, 3.05) is 5.32 Å². The van der Waals surface area contributed by atoms with E-state index in [2.05, 4.69) is 10.3 Å². The molecular weight excluding hydrogens is 425 g/mol. The molecule has 0 aliphatic heterocycles. The van der Waals surface area contributed by atoms with Crippen molar-refractivity contribution < 1.29 is 18.3 Å². The van der Waals surface area contributed by atoms with Crippen LogP contribution in [0.2, 0.25) is 0 Å². The summed E-state index contributed by atoms with van der Waals surface area (Å²) in [5.41, 5.74) is 1.90. The number of para-hydroxylation sites is 1. The van der Waals surface area contributed by atoms with E-state index in [0.29, 0.717) is 28.1 Å². The number of nitrogens with zero attached hydrogens (tertiary/aromatic N) is 2. The van der Waals surface area contributed by atoms with Crippen molar-refractivity contribution in [2.24, 2.45) is 0 Å². The summed E-state index contributed by atoms with van der Waals surface area (Å²) in [6.45, 7) is -0.0407. The molecule has 0 saturated heterocycles. The minimum Gasteiger partial charge on any atom is -0.489 e. The zero-order valence-electron chi connectivity index (χ0n) is 17.3. The Hall–Kier alpha value is -4.46. The number of carbonyl (C=O) groups excluding carboxylic acids is 1. The van der Waals surface area contributed by atoms with Gasteiger partial charge in [-0.2, -0.15) is 0 Å². The van der Waals surface area contributed by atoms with Crippen LogP contribution in [-0.4, -0.2) is 15.5 Å². The van der Waals surface area contributed by atoms with Gasteiger partial charge in [0.1, 0.15) is 35.8 Å². The second-order valence-electron chi connectivity index (χ2n) is 7.45. The first-order chi connectivity index (χ1) is 16.1. The van der Waals surface area contributed by atoms with Crippen LogP contribution in [0.25, 0.3) is 22.1 Å². The molecule has 8 heteroatoms. The van der Waals surface area contributed by atoms with Gasteiger partial charge in [-0.05, 0) is 42.0 Å². The molecule has 33 heavy (non-hydrogen) atoms. The molecule has 3 aromatic carbocycles. The van der Waals surface area contributed by atoms with Crippen LogP contribution in [0.5, 0.6) is 5.75 Å². The van der Waals surface area contributed by atoms with E-state index < -0.39 is 11.5 Å². The van der Waals surface area contributed by atoms with Crippen molar-refractivity contribution in [1.29, 1.82) is 0 Å². The SMILES string of the molecule is O=C(Cn1cnc2c(oc3ccccc32)c1=O)Nc1cccc(OCc2cccc(F)c2)c1. The van der Waals surface area contributed by atoms with E-state index in [1.807, 2.05) is 18.2 Å². The second kappa shape index (κ2) is 8.58. The summed E-state index contributed by atoms with van der Waals surface area (Å²) in [7, 11) is 0. The highest BCUT2D eigenvalue weighted by molar-refractivity contribution is 6.01. The van der Waals surface area contributed by atoms with E-state index in [0.717, 1.165) is 5.39 Å². The molecule has 1 N–H and O–H groups in total. The Morgan fingerprint density at radius 1 is 1.06 bits per heavy atom. The van der Waals surface area contributed by atoms with Gasteiger partial charge in [-0.15, -0.1) is 0 Å². The Kier molecular flexibility index (Phi) is 5.32. The first kappa shape index (κ1) is 20.4. The third-order valence-corrected chi connectivity index (χ3v) is 5.08. The van der Waals surface area contributed by atoms with Crippen molar-refractivity contribution in [3.05, 3.63) is 101 Å². The molecule has 0 atom stereocenters. The van der Waals surface area contributed by atoms with Crippen molar-refractivity contribution in [1.82, 2.24) is 9.55 Å². The van der Waals surface area contributed by atoms with Gasteiger partial charge in [0.15, 0.2) is 0 Å². The maximum Gasteiger partial charge on any atom is 0.297 e. The fourth-order valence-corrected chi connectivity index (χ4v) is 3.54. The average Bonchev–Trinajstić information content (AvgIpc) is 3.19. The quantitative estimate of drug-likeness (QED) is 0.418. The van der Waals surface area contributed by atoms with Gasteiger partial charge < -0.3 is 14.5 Å². The number of rotatable bonds is 6. The van der Waals surface area contributed by atoms with Crippen molar-refractivity contribution >= 4 is 33.7 Å². The zero-order chi connectivity index (χ0) is 22.8. The van der Waals surface area contributed by atoms with Crippen LogP contribution in [-0.2, 0) is 17.9 Å². The molecule has 7 nitrogen and oxygen atoms in total. The zero-order valence-corrected chi connectivity index (χ0v) is 17.3. The fourth-order valence-electron chi connectivity index (χ4n) is 3.54. The largest absolute Gasteiger partial charge is 0.489 e. The number of fused-ring (bicyclic) bond motifs is 3. The third-order valence-electron chi connectivity index (χ3n) is 5.08. The second-order valence-corrected chi connectivity index (χ2v) is 7.45. The Balaban J connectivity index is 1.28. The summed E-state index contributed by atoms with van der Waals surface area (Å²) in [4.78, 5) is 29.7. The lowest BCUT2D eigenvalue weighted by Crippen LogP contribution is -2.27. The van der Waals surface area contributed by atoms with Gasteiger partial charge in [-0.3, -0.25) is 14.2 Å². The first-order valence-electron chi connectivity index (χ1n) is 10.2. The van der Waals surface area contributed by atoms with Crippen LogP contribution in [0, 0.1) is 5.82 Å². The highest BCUT2D eigenvalue weighted by Crippen LogP contribution is 2.24. The normalized spacial score (nSPS) is 11.1. The minimum absolute atomic E-state index is 0.110. The Bertz CT molecular complexity index is 1540. The predicted molar refractivity (Wildman–Crippen MR) is 122 cm³/mol. The van der Waals surface area contributed by atoms with Crippen LogP contribution in [0.15, 0.2) is 88.3 Å². The van der Waals surface area contributed by atoms with E-state index in [-0.39, 0.29) is 24.6 Å². The topological polar surface area (TPSA) is 86.4 Å². The molecule has 0 fully saturated rings. The highest BCUT2D eigenvalue weighted by atomic mass is 19.1. The summed E-state index contributed by atoms with van der Waals surface area (Å²) in [5.74, 6) is -0.223. The maximum atomic E-state index is 13.3. The molecule has 0 spiro atoms. The minimum atomic E-state index is -0.432. The lowest BCUT2D eigenvalue weighted by molar-refractivity contribution is -0.116. The van der Waals surface area contributed by atoms with Crippen LogP contribution in [0.1, 0.15) is 5.56 Å². The number of halogens is 1. The summed E-state index contributed by atoms with van der Waals surface area (Å²) >= 11 is 0. The summed E-state index contributed by atoms with van der Waals surface area (Å²) in [6.07, 6.45) is 1.34. The number of benzene rings is 3. The van der Waals surface area contributed by atoms with E-state index in [1.165, 1.54) is 23.0 Å². The van der Waals surface area contributed by atoms with Crippen LogP contribution in [0.3, 0.4) is 0 Å². The molecule has 2 aromatic heterocycles. The monoisotopic (exact) mass is 443 g/mol. The van der Waals surface area contributed by atoms with E-state index in [4.69, 9.17) is 9.15 Å². The van der Waals surface area contributed by atoms with Gasteiger partial charge in [0.2, 0.25) is 11.5 Å². The smallest absolute Gasteiger partial charge is 0.297 e. The molecule has 0 radical (unpaired) electrons. The van der Waals surface area contributed by atoms with Gasteiger partial charge >= 0.3 is 0 Å². The average molecular weight is 443 g/mol. The summed E-state index contributed by atoms with van der Waals surface area (Å²) in [6, 6.07) is 20.2. The van der Waals surface area contributed by atoms with Crippen molar-refractivity contribution in [3.8, 4) is 5.75 Å². The number of hydrogen-bond acceptors (Lipinski definition) is 5. The number of aromatic nitrogens is 2. The number of amides is 1. The van der Waals surface area contributed by atoms with Crippen LogP contribution >= 0.6 is 0 Å². The van der Waals surface area contributed by atoms with Crippen LogP contribution < -0.4 is 15.6 Å². The van der Waals surface area contributed by atoms with Gasteiger partial charge in [0.05, 0.1) is 6.33 Å². The van der Waals surface area contributed by atoms with Gasteiger partial charge in [-0.1, -0.05) is 30.3 Å². The lowest BCUT2D eigenvalue weighted by atomic mass is 10.2. The number of ether oxygens (including phenoxy) is 1. The molecule has 5 aromatic rings. The van der Waals surface area contributed by atoms with E-state index in [1.54, 1.807) is 42.5 Å². The molecule has 2 heterocycles. The summed E-state index contributed by atoms with van der Waals surface area (Å²) < 4.78 is 25.8. The number of hydrogen-bond donors (Lipinski definition) is 1. The Morgan fingerprint density at radius 2 is 1.91 bits per heavy atom. The molecule has 5 rings (SSSR count). The van der Waals surface area contributed by atoms with E-state index in [9.17, 15) is 14.0 Å². The Morgan fingerprint density at radius 3 is 2.79 bits per heavy atom. The van der Waals surface area contributed by atoms with E-state index >= 15 is 0 Å². The van der Waals surface area contributed by atoms with Crippen LogP contribution in [0.4, 0.5) is 10.1 Å². The molecular formula is C25H18FN3O4. The molecule has 0 bridgehead atoms. The molecule has 0 unspecified atom stereocenters. The number of furan rings is 1. The number of anilines is 1. The molecule has 0 saturated carbocycles. The first-order valence-corrected chi connectivity index (χ1v) is 10.2. The standard InChI is InChI=1S/C25H18FN3O4/c26-17-6-3-5-16(11-17)14-32-19-8-4-7-18(12-19)28-22(30)13-29-15-27-23-20-9-1-2-10-21(20)33-24(23)25(29)31/h1-12,15H,13-14H2,(H,28,30). The van der Waals surface area contributed by atoms with Gasteiger partial charge in [0.25, 0.3) is 5.56 Å². The van der Waals surface area contributed by atoms with Crippen molar-refractivity contribution in [2.45, 2.75) is 13.2 Å². The Labute approximate surface area is 187 Å². The predicted octanol–water partition coefficient (Wildman–Crippen LogP) is 4.50. The maximum absolute atomic E-state index is 13.3. The summed E-state index contributed by atoms with van der Waals surface area (Å²) in [5, 5.41) is 3.49. The number of carbonyl (C=O) groups is 1. The highest BCUT2D eigenvalue weighted by Gasteiger charge is 2.14. The molecule has 1 amide bonds.